The highest BCUT2D eigenvalue weighted by atomic mass is 35.5. The zero-order chi connectivity index (χ0) is 26.7. The number of piperidine rings is 1. The van der Waals surface area contributed by atoms with E-state index in [9.17, 15) is 22.4 Å². The first-order valence-electron chi connectivity index (χ1n) is 11.1. The molecule has 1 atom stereocenters. The number of aliphatic carboxylic acids is 1. The molecule has 7 nitrogen and oxygen atoms in total. The van der Waals surface area contributed by atoms with Gasteiger partial charge in [0.25, 0.3) is 0 Å². The number of nitrogens with zero attached hydrogens (tertiary/aromatic N) is 1. The quantitative estimate of drug-likeness (QED) is 0.401. The molecule has 1 saturated heterocycles. The van der Waals surface area contributed by atoms with Crippen LogP contribution >= 0.6 is 11.6 Å². The van der Waals surface area contributed by atoms with Crippen molar-refractivity contribution in [2.45, 2.75) is 37.5 Å². The van der Waals surface area contributed by atoms with Gasteiger partial charge in [0.15, 0.2) is 0 Å². The molecule has 1 unspecified atom stereocenters. The average molecular weight is 532 g/mol. The van der Waals surface area contributed by atoms with Crippen LogP contribution in [-0.2, 0) is 14.9 Å². The van der Waals surface area contributed by atoms with E-state index in [4.69, 9.17) is 26.2 Å². The van der Waals surface area contributed by atoms with E-state index in [1.807, 2.05) is 25.1 Å². The van der Waals surface area contributed by atoms with Gasteiger partial charge < -0.3 is 24.7 Å². The minimum Gasteiger partial charge on any atom is -0.475 e. The summed E-state index contributed by atoms with van der Waals surface area (Å²) in [5.74, 6) is -2.99. The third-order valence-electron chi connectivity index (χ3n) is 6.31. The van der Waals surface area contributed by atoms with E-state index in [-0.39, 0.29) is 23.0 Å². The van der Waals surface area contributed by atoms with Crippen molar-refractivity contribution in [2.24, 2.45) is 0 Å². The summed E-state index contributed by atoms with van der Waals surface area (Å²) in [5, 5.41) is 7.67. The topological polar surface area (TPSA) is 98.4 Å². The van der Waals surface area contributed by atoms with Gasteiger partial charge in [0.1, 0.15) is 5.82 Å². The standard InChI is InChI=1S/C22H25ClFN3O2.C2HF3O2/c1-14(18-11-16(23)12-19-20(18)26-21(28)25-19)29-13-22(7-9-27(2)10-8-22)15-3-5-17(24)6-4-15;3-2(4,5)1(6)7/h3-6,11-12,14H,7-10,13H2,1-2H3,(H2,25,26,28);(H,6,7). The highest BCUT2D eigenvalue weighted by Crippen LogP contribution is 2.38. The Hall–Kier alpha value is -2.89. The number of carboxylic acids is 1. The fraction of sp³-hybridized carbons (Fsp3) is 0.417. The van der Waals surface area contributed by atoms with Crippen molar-refractivity contribution in [3.63, 3.8) is 0 Å². The number of aromatic nitrogens is 2. The first-order valence-corrected chi connectivity index (χ1v) is 11.5. The van der Waals surface area contributed by atoms with Gasteiger partial charge in [-0.05, 0) is 69.7 Å². The van der Waals surface area contributed by atoms with Crippen LogP contribution in [0.5, 0.6) is 0 Å². The number of likely N-dealkylation sites (tertiary alicyclic amines) is 1. The maximum atomic E-state index is 13.5. The van der Waals surface area contributed by atoms with Crippen LogP contribution in [-0.4, -0.2) is 58.9 Å². The number of carbonyl (C=O) groups is 1. The zero-order valence-corrected chi connectivity index (χ0v) is 20.3. The molecule has 0 radical (unpaired) electrons. The summed E-state index contributed by atoms with van der Waals surface area (Å²) in [6.07, 6.45) is -3.47. The largest absolute Gasteiger partial charge is 0.490 e. The normalized spacial score (nSPS) is 16.9. The molecule has 3 N–H and O–H groups in total. The van der Waals surface area contributed by atoms with Crippen LogP contribution < -0.4 is 5.69 Å². The van der Waals surface area contributed by atoms with Gasteiger partial charge in [-0.25, -0.2) is 14.0 Å². The lowest BCUT2D eigenvalue weighted by Gasteiger charge is -2.41. The minimum absolute atomic E-state index is 0.169. The third-order valence-corrected chi connectivity index (χ3v) is 6.53. The number of carboxylic acid groups (broad SMARTS) is 1. The van der Waals surface area contributed by atoms with Crippen molar-refractivity contribution in [3.05, 3.63) is 68.8 Å². The van der Waals surface area contributed by atoms with E-state index in [1.165, 1.54) is 12.1 Å². The van der Waals surface area contributed by atoms with Gasteiger partial charge in [0, 0.05) is 16.0 Å². The van der Waals surface area contributed by atoms with Gasteiger partial charge in [-0.15, -0.1) is 0 Å². The molecule has 1 fully saturated rings. The summed E-state index contributed by atoms with van der Waals surface area (Å²) in [4.78, 5) is 28.5. The van der Waals surface area contributed by atoms with Gasteiger partial charge in [-0.3, -0.25) is 0 Å². The molecule has 0 spiro atoms. The molecule has 4 rings (SSSR count). The van der Waals surface area contributed by atoms with Crippen LogP contribution in [0, 0.1) is 5.82 Å². The van der Waals surface area contributed by atoms with Crippen molar-refractivity contribution in [2.75, 3.05) is 26.7 Å². The lowest BCUT2D eigenvalue weighted by molar-refractivity contribution is -0.192. The molecule has 1 aromatic heterocycles. The summed E-state index contributed by atoms with van der Waals surface area (Å²) < 4.78 is 51.6. The number of aromatic amines is 2. The Morgan fingerprint density at radius 1 is 1.19 bits per heavy atom. The zero-order valence-electron chi connectivity index (χ0n) is 19.6. The minimum atomic E-state index is -5.08. The summed E-state index contributed by atoms with van der Waals surface area (Å²) in [7, 11) is 2.11. The predicted octanol–water partition coefficient (Wildman–Crippen LogP) is 5.02. The van der Waals surface area contributed by atoms with Crippen molar-refractivity contribution in [1.82, 2.24) is 14.9 Å². The molecule has 0 bridgehead atoms. The molecular weight excluding hydrogens is 506 g/mol. The maximum absolute atomic E-state index is 13.5. The maximum Gasteiger partial charge on any atom is 0.490 e. The summed E-state index contributed by atoms with van der Waals surface area (Å²) in [6, 6.07) is 10.3. The third kappa shape index (κ3) is 6.65. The Morgan fingerprint density at radius 3 is 2.33 bits per heavy atom. The number of nitrogens with one attached hydrogen (secondary N) is 2. The van der Waals surface area contributed by atoms with Gasteiger partial charge in [-0.2, -0.15) is 13.2 Å². The Morgan fingerprint density at radius 2 is 1.78 bits per heavy atom. The molecule has 196 valence electrons. The van der Waals surface area contributed by atoms with Crippen molar-refractivity contribution in [3.8, 4) is 0 Å². The SMILES string of the molecule is CC(OCC1(c2ccc(F)cc2)CCN(C)CC1)c1cc(Cl)cc2[nH]c(=O)[nH]c12.O=C(O)C(F)(F)F. The number of imidazole rings is 1. The number of fused-ring (bicyclic) bond motifs is 1. The van der Waals surface area contributed by atoms with Gasteiger partial charge in [-0.1, -0.05) is 23.7 Å². The van der Waals surface area contributed by atoms with Crippen molar-refractivity contribution >= 4 is 28.6 Å². The highest BCUT2D eigenvalue weighted by molar-refractivity contribution is 6.31. The molecule has 0 amide bonds. The van der Waals surface area contributed by atoms with Crippen LogP contribution in [0.15, 0.2) is 41.2 Å². The van der Waals surface area contributed by atoms with Gasteiger partial charge in [0.2, 0.25) is 0 Å². The predicted molar refractivity (Wildman–Crippen MR) is 127 cm³/mol. The fourth-order valence-electron chi connectivity index (χ4n) is 4.19. The molecule has 1 aliphatic heterocycles. The van der Waals surface area contributed by atoms with Crippen LogP contribution in [0.25, 0.3) is 11.0 Å². The Labute approximate surface area is 209 Å². The van der Waals surface area contributed by atoms with Gasteiger partial charge >= 0.3 is 17.8 Å². The number of alkyl halides is 3. The van der Waals surface area contributed by atoms with Crippen molar-refractivity contribution < 1.29 is 32.2 Å². The number of benzene rings is 2. The van der Waals surface area contributed by atoms with Gasteiger partial charge in [0.05, 0.1) is 23.7 Å². The van der Waals surface area contributed by atoms with Crippen LogP contribution in [0.1, 0.15) is 37.0 Å². The second-order valence-electron chi connectivity index (χ2n) is 8.84. The average Bonchev–Trinajstić information content (AvgIpc) is 3.18. The van der Waals surface area contributed by atoms with Crippen molar-refractivity contribution in [1.29, 1.82) is 0 Å². The number of H-pyrrole nitrogens is 2. The first-order chi connectivity index (χ1) is 16.8. The molecule has 12 heteroatoms. The molecular formula is C24H26ClF4N3O4. The summed E-state index contributed by atoms with van der Waals surface area (Å²) in [5.41, 5.74) is 2.89. The Bertz CT molecular complexity index is 1250. The van der Waals surface area contributed by atoms with E-state index in [2.05, 4.69) is 21.9 Å². The summed E-state index contributed by atoms with van der Waals surface area (Å²) >= 11 is 6.25. The number of hydrogen-bond acceptors (Lipinski definition) is 4. The second kappa shape index (κ2) is 11.0. The van der Waals surface area contributed by atoms with Crippen LogP contribution in [0.4, 0.5) is 17.6 Å². The first kappa shape index (κ1) is 27.7. The van der Waals surface area contributed by atoms with E-state index in [0.717, 1.165) is 37.1 Å². The lowest BCUT2D eigenvalue weighted by Crippen LogP contribution is -2.44. The molecule has 0 aliphatic carbocycles. The van der Waals surface area contributed by atoms with Crippen LogP contribution in [0.2, 0.25) is 5.02 Å². The lowest BCUT2D eigenvalue weighted by atomic mass is 9.73. The molecule has 1 aliphatic rings. The van der Waals surface area contributed by atoms with E-state index in [1.54, 1.807) is 6.07 Å². The highest BCUT2D eigenvalue weighted by Gasteiger charge is 2.38. The number of rotatable bonds is 5. The van der Waals surface area contributed by atoms with E-state index < -0.39 is 12.1 Å². The smallest absolute Gasteiger partial charge is 0.475 e. The number of hydrogen-bond donors (Lipinski definition) is 3. The molecule has 36 heavy (non-hydrogen) atoms. The monoisotopic (exact) mass is 531 g/mol. The molecule has 3 aromatic rings. The molecule has 2 aromatic carbocycles. The van der Waals surface area contributed by atoms with E-state index >= 15 is 0 Å². The number of halogens is 5. The van der Waals surface area contributed by atoms with E-state index in [0.29, 0.717) is 22.7 Å². The van der Waals surface area contributed by atoms with Crippen LogP contribution in [0.3, 0.4) is 0 Å². The molecule has 0 saturated carbocycles. The Kier molecular flexibility index (Phi) is 8.48. The fourth-order valence-corrected chi connectivity index (χ4v) is 4.42. The number of ether oxygens (including phenoxy) is 1. The Balaban J connectivity index is 0.000000454. The second-order valence-corrected chi connectivity index (χ2v) is 9.28. The molecule has 2 heterocycles. The summed E-state index contributed by atoms with van der Waals surface area (Å²) in [6.45, 7) is 4.39.